The normalized spacial score (nSPS) is 22.0. The molecular formula is C13H16O4. The van der Waals surface area contributed by atoms with Crippen molar-refractivity contribution in [2.45, 2.75) is 32.5 Å². The summed E-state index contributed by atoms with van der Waals surface area (Å²) in [4.78, 5) is 11.7. The molecule has 17 heavy (non-hydrogen) atoms. The van der Waals surface area contributed by atoms with E-state index < -0.39 is 6.10 Å². The van der Waals surface area contributed by atoms with Gasteiger partial charge in [0.2, 0.25) is 6.10 Å². The average Bonchev–Trinajstić information content (AvgIpc) is 2.35. The van der Waals surface area contributed by atoms with Crippen LogP contribution in [-0.4, -0.2) is 24.8 Å². The second kappa shape index (κ2) is 5.08. The molecule has 0 radical (unpaired) electrons. The highest BCUT2D eigenvalue weighted by atomic mass is 16.6. The van der Waals surface area contributed by atoms with E-state index in [2.05, 4.69) is 0 Å². The third-order valence-corrected chi connectivity index (χ3v) is 2.52. The Bertz CT molecular complexity index is 402. The van der Waals surface area contributed by atoms with Crippen LogP contribution in [0.4, 0.5) is 0 Å². The van der Waals surface area contributed by atoms with Crippen molar-refractivity contribution in [3.8, 4) is 11.5 Å². The number of para-hydroxylation sites is 2. The summed E-state index contributed by atoms with van der Waals surface area (Å²) in [6.07, 6.45) is -0.227. The van der Waals surface area contributed by atoms with Gasteiger partial charge in [-0.25, -0.2) is 4.79 Å². The predicted octanol–water partition coefficient (Wildman–Crippen LogP) is 2.17. The van der Waals surface area contributed by atoms with Crippen molar-refractivity contribution in [1.82, 2.24) is 0 Å². The van der Waals surface area contributed by atoms with Gasteiger partial charge in [0.1, 0.15) is 6.10 Å². The van der Waals surface area contributed by atoms with Gasteiger partial charge in [-0.3, -0.25) is 0 Å². The zero-order valence-corrected chi connectivity index (χ0v) is 10.0. The fraction of sp³-hybridized carbons (Fsp3) is 0.462. The molecule has 1 heterocycles. The van der Waals surface area contributed by atoms with Crippen LogP contribution in [0.5, 0.6) is 11.5 Å². The number of hydrogen-bond acceptors (Lipinski definition) is 4. The molecule has 1 aliphatic heterocycles. The van der Waals surface area contributed by atoms with Gasteiger partial charge < -0.3 is 14.2 Å². The Hall–Kier alpha value is -1.71. The van der Waals surface area contributed by atoms with Crippen LogP contribution in [0, 0.1) is 0 Å². The van der Waals surface area contributed by atoms with E-state index in [1.165, 1.54) is 0 Å². The van der Waals surface area contributed by atoms with Gasteiger partial charge in [0.05, 0.1) is 6.61 Å². The zero-order valence-electron chi connectivity index (χ0n) is 10.0. The van der Waals surface area contributed by atoms with E-state index in [9.17, 15) is 4.79 Å². The molecular weight excluding hydrogens is 220 g/mol. The third-order valence-electron chi connectivity index (χ3n) is 2.52. The molecule has 4 heteroatoms. The maximum Gasteiger partial charge on any atom is 0.351 e. The Kier molecular flexibility index (Phi) is 3.52. The Morgan fingerprint density at radius 2 is 1.94 bits per heavy atom. The second-order valence-electron chi connectivity index (χ2n) is 3.98. The lowest BCUT2D eigenvalue weighted by atomic mass is 10.2. The summed E-state index contributed by atoms with van der Waals surface area (Å²) in [7, 11) is 0. The third kappa shape index (κ3) is 2.52. The highest BCUT2D eigenvalue weighted by Gasteiger charge is 2.35. The predicted molar refractivity (Wildman–Crippen MR) is 62.2 cm³/mol. The molecule has 2 atom stereocenters. The molecule has 4 nitrogen and oxygen atoms in total. The fourth-order valence-electron chi connectivity index (χ4n) is 1.66. The first-order valence-corrected chi connectivity index (χ1v) is 5.81. The first-order valence-electron chi connectivity index (χ1n) is 5.81. The van der Waals surface area contributed by atoms with Gasteiger partial charge in [0.25, 0.3) is 0 Å². The summed E-state index contributed by atoms with van der Waals surface area (Å²) in [6.45, 7) is 4.16. The van der Waals surface area contributed by atoms with E-state index in [-0.39, 0.29) is 12.1 Å². The summed E-state index contributed by atoms with van der Waals surface area (Å²) in [5.74, 6) is 0.887. The van der Waals surface area contributed by atoms with Crippen molar-refractivity contribution in [3.05, 3.63) is 24.3 Å². The molecule has 2 unspecified atom stereocenters. The number of carbonyl (C=O) groups excluding carboxylic acids is 1. The van der Waals surface area contributed by atoms with Crippen LogP contribution in [0.15, 0.2) is 24.3 Å². The summed E-state index contributed by atoms with van der Waals surface area (Å²) in [6, 6.07) is 7.30. The SMILES string of the molecule is CCCOC(=O)C1Oc2ccccc2OC1C. The van der Waals surface area contributed by atoms with Gasteiger partial charge in [-0.1, -0.05) is 19.1 Å². The van der Waals surface area contributed by atoms with Crippen LogP contribution in [-0.2, 0) is 9.53 Å². The minimum Gasteiger partial charge on any atom is -0.482 e. The van der Waals surface area contributed by atoms with Gasteiger partial charge in [-0.15, -0.1) is 0 Å². The number of esters is 1. The smallest absolute Gasteiger partial charge is 0.351 e. The van der Waals surface area contributed by atoms with E-state index in [0.29, 0.717) is 18.1 Å². The van der Waals surface area contributed by atoms with Gasteiger partial charge in [-0.05, 0) is 25.5 Å². The number of fused-ring (bicyclic) bond motifs is 1. The molecule has 0 saturated carbocycles. The molecule has 0 spiro atoms. The highest BCUT2D eigenvalue weighted by molar-refractivity contribution is 5.76. The Morgan fingerprint density at radius 3 is 2.59 bits per heavy atom. The molecule has 0 saturated heterocycles. The van der Waals surface area contributed by atoms with Crippen LogP contribution < -0.4 is 9.47 Å². The number of benzene rings is 1. The van der Waals surface area contributed by atoms with Crippen molar-refractivity contribution in [1.29, 1.82) is 0 Å². The monoisotopic (exact) mass is 236 g/mol. The molecule has 0 fully saturated rings. The van der Waals surface area contributed by atoms with Gasteiger partial charge in [0.15, 0.2) is 11.5 Å². The van der Waals surface area contributed by atoms with Crippen molar-refractivity contribution < 1.29 is 19.0 Å². The second-order valence-corrected chi connectivity index (χ2v) is 3.98. The van der Waals surface area contributed by atoms with Crippen LogP contribution >= 0.6 is 0 Å². The van der Waals surface area contributed by atoms with Crippen LogP contribution in [0.25, 0.3) is 0 Å². The molecule has 0 bridgehead atoms. The lowest BCUT2D eigenvalue weighted by Crippen LogP contribution is -2.44. The molecule has 1 aromatic carbocycles. The molecule has 0 amide bonds. The summed E-state index contributed by atoms with van der Waals surface area (Å²) in [5.41, 5.74) is 0. The molecule has 92 valence electrons. The molecule has 0 aliphatic carbocycles. The number of hydrogen-bond donors (Lipinski definition) is 0. The average molecular weight is 236 g/mol. The molecule has 2 rings (SSSR count). The van der Waals surface area contributed by atoms with Gasteiger partial charge >= 0.3 is 5.97 Å². The molecule has 0 N–H and O–H groups in total. The summed E-state index contributed by atoms with van der Waals surface area (Å²) in [5, 5.41) is 0. The van der Waals surface area contributed by atoms with Crippen molar-refractivity contribution in [2.24, 2.45) is 0 Å². The molecule has 1 aliphatic rings. The zero-order chi connectivity index (χ0) is 12.3. The maximum atomic E-state index is 11.7. The number of carbonyl (C=O) groups is 1. The van der Waals surface area contributed by atoms with Crippen LogP contribution in [0.1, 0.15) is 20.3 Å². The summed E-state index contributed by atoms with van der Waals surface area (Å²) < 4.78 is 16.3. The van der Waals surface area contributed by atoms with Crippen molar-refractivity contribution in [2.75, 3.05) is 6.61 Å². The summed E-state index contributed by atoms with van der Waals surface area (Å²) >= 11 is 0. The van der Waals surface area contributed by atoms with E-state index >= 15 is 0 Å². The van der Waals surface area contributed by atoms with Crippen molar-refractivity contribution >= 4 is 5.97 Å². The lowest BCUT2D eigenvalue weighted by molar-refractivity contribution is -0.157. The highest BCUT2D eigenvalue weighted by Crippen LogP contribution is 2.33. The first-order chi connectivity index (χ1) is 8.22. The minimum atomic E-state index is -0.684. The standard InChI is InChI=1S/C13H16O4/c1-3-8-15-13(14)12-9(2)16-10-6-4-5-7-11(10)17-12/h4-7,9,12H,3,8H2,1-2H3. The first kappa shape index (κ1) is 11.8. The molecule has 1 aromatic rings. The van der Waals surface area contributed by atoms with E-state index in [1.54, 1.807) is 13.0 Å². The van der Waals surface area contributed by atoms with Crippen LogP contribution in [0.3, 0.4) is 0 Å². The van der Waals surface area contributed by atoms with Gasteiger partial charge in [0, 0.05) is 0 Å². The Balaban J connectivity index is 2.09. The minimum absolute atomic E-state index is 0.339. The Morgan fingerprint density at radius 1 is 1.29 bits per heavy atom. The largest absolute Gasteiger partial charge is 0.482 e. The van der Waals surface area contributed by atoms with Crippen molar-refractivity contribution in [3.63, 3.8) is 0 Å². The topological polar surface area (TPSA) is 44.8 Å². The van der Waals surface area contributed by atoms with Crippen LogP contribution in [0.2, 0.25) is 0 Å². The quantitative estimate of drug-likeness (QED) is 0.754. The molecule has 0 aromatic heterocycles. The lowest BCUT2D eigenvalue weighted by Gasteiger charge is -2.30. The van der Waals surface area contributed by atoms with E-state index in [4.69, 9.17) is 14.2 Å². The number of rotatable bonds is 3. The van der Waals surface area contributed by atoms with E-state index in [1.807, 2.05) is 25.1 Å². The fourth-order valence-corrected chi connectivity index (χ4v) is 1.66. The van der Waals surface area contributed by atoms with E-state index in [0.717, 1.165) is 6.42 Å². The Labute approximate surface area is 100 Å². The van der Waals surface area contributed by atoms with Gasteiger partial charge in [-0.2, -0.15) is 0 Å². The number of ether oxygens (including phenoxy) is 3. The maximum absolute atomic E-state index is 11.7.